The maximum absolute atomic E-state index is 13.9. The normalized spacial score (nSPS) is 13.3. The lowest BCUT2D eigenvalue weighted by molar-refractivity contribution is -0.122. The number of benzene rings is 6. The van der Waals surface area contributed by atoms with Crippen LogP contribution in [0.25, 0.3) is 0 Å². The summed E-state index contributed by atoms with van der Waals surface area (Å²) in [6.45, 7) is 29.7. The number of rotatable bonds is 16. The number of hydrogen-bond donors (Lipinski definition) is 2. The predicted molar refractivity (Wildman–Crippen MR) is 318 cm³/mol. The Morgan fingerprint density at radius 1 is 0.388 bits per heavy atom. The van der Waals surface area contributed by atoms with Gasteiger partial charge in [-0.15, -0.1) is 0 Å². The molecule has 0 unspecified atom stereocenters. The molecule has 7 rings (SSSR count). The molecule has 1 aliphatic carbocycles. The van der Waals surface area contributed by atoms with Crippen LogP contribution in [0.15, 0.2) is 119 Å². The molecule has 2 amide bonds. The number of ether oxygens (including phenoxy) is 4. The summed E-state index contributed by atoms with van der Waals surface area (Å²) < 4.78 is 85.8. The fourth-order valence-electron chi connectivity index (χ4n) is 9.72. The van der Waals surface area contributed by atoms with E-state index in [2.05, 4.69) is 155 Å². The Labute approximate surface area is 476 Å². The van der Waals surface area contributed by atoms with Gasteiger partial charge in [0.1, 0.15) is 23.0 Å². The van der Waals surface area contributed by atoms with E-state index in [1.165, 1.54) is 24.3 Å². The minimum absolute atomic E-state index is 0.0417. The van der Waals surface area contributed by atoms with Gasteiger partial charge in [-0.3, -0.25) is 9.59 Å². The van der Waals surface area contributed by atoms with Gasteiger partial charge in [-0.25, -0.2) is 26.3 Å². The van der Waals surface area contributed by atoms with E-state index >= 15 is 0 Å². The van der Waals surface area contributed by atoms with Crippen molar-refractivity contribution in [3.05, 3.63) is 176 Å². The van der Waals surface area contributed by atoms with Crippen LogP contribution in [0.5, 0.6) is 23.0 Å². The Kier molecular flexibility index (Phi) is 18.5. The topological polar surface area (TPSA) is 163 Å². The molecule has 12 nitrogen and oxygen atoms in total. The van der Waals surface area contributed by atoms with Gasteiger partial charge in [0.05, 0.1) is 23.0 Å². The Bertz CT molecular complexity index is 3130. The van der Waals surface area contributed by atoms with Crippen LogP contribution in [-0.4, -0.2) is 55.1 Å². The van der Waals surface area contributed by atoms with Crippen molar-refractivity contribution in [1.29, 1.82) is 0 Å². The van der Waals surface area contributed by atoms with Gasteiger partial charge in [0.25, 0.3) is 31.9 Å². The molecule has 2 N–H and O–H groups in total. The average Bonchev–Trinajstić information content (AvgIpc) is 3.36. The number of carbonyl (C=O) groups excluding carboxylic acids is 2. The molecule has 0 heterocycles. The molecule has 80 heavy (non-hydrogen) atoms. The Morgan fingerprint density at radius 2 is 0.613 bits per heavy atom. The minimum atomic E-state index is -4.21. The van der Waals surface area contributed by atoms with Gasteiger partial charge < -0.3 is 18.9 Å². The van der Waals surface area contributed by atoms with E-state index in [9.17, 15) is 26.4 Å². The highest BCUT2D eigenvalue weighted by atomic mass is 32.2. The number of hydrogen-bond acceptors (Lipinski definition) is 10. The van der Waals surface area contributed by atoms with Crippen molar-refractivity contribution in [3.63, 3.8) is 0 Å². The molecule has 6 aromatic carbocycles. The summed E-state index contributed by atoms with van der Waals surface area (Å²) in [6.07, 6.45) is 2.62. The Balaban J connectivity index is 1.54. The molecule has 1 aliphatic rings. The van der Waals surface area contributed by atoms with Crippen molar-refractivity contribution < 1.29 is 45.4 Å². The monoisotopic (exact) mass is 1130 g/mol. The molecular formula is C66H82N2O10S2. The zero-order valence-electron chi connectivity index (χ0n) is 49.4. The van der Waals surface area contributed by atoms with E-state index in [0.717, 1.165) is 66.8 Å². The summed E-state index contributed by atoms with van der Waals surface area (Å²) >= 11 is 0. The fourth-order valence-corrected chi connectivity index (χ4v) is 11.7. The van der Waals surface area contributed by atoms with Gasteiger partial charge in [0, 0.05) is 25.7 Å². The van der Waals surface area contributed by atoms with Crippen LogP contribution < -0.4 is 28.4 Å². The van der Waals surface area contributed by atoms with Gasteiger partial charge in [-0.05, 0) is 126 Å². The van der Waals surface area contributed by atoms with Crippen LogP contribution in [0.2, 0.25) is 0 Å². The van der Waals surface area contributed by atoms with E-state index in [0.29, 0.717) is 74.7 Å². The van der Waals surface area contributed by atoms with Crippen LogP contribution in [0.3, 0.4) is 0 Å². The minimum Gasteiger partial charge on any atom is -0.493 e. The number of carbonyl (C=O) groups is 2. The summed E-state index contributed by atoms with van der Waals surface area (Å²) in [5, 5.41) is 0. The summed E-state index contributed by atoms with van der Waals surface area (Å²) in [4.78, 5) is 27.7. The second-order valence-electron chi connectivity index (χ2n) is 25.2. The molecule has 0 fully saturated rings. The summed E-state index contributed by atoms with van der Waals surface area (Å²) in [5.41, 5.74) is 9.32. The third-order valence-electron chi connectivity index (χ3n) is 14.2. The molecule has 14 heteroatoms. The van der Waals surface area contributed by atoms with Gasteiger partial charge in [-0.1, -0.05) is 182 Å². The first-order valence-corrected chi connectivity index (χ1v) is 30.7. The lowest BCUT2D eigenvalue weighted by atomic mass is 9.79. The van der Waals surface area contributed by atoms with E-state index in [4.69, 9.17) is 18.9 Å². The molecule has 0 radical (unpaired) electrons. The molecule has 0 spiro atoms. The SMILES string of the molecule is CCCOc1c2cc(C(C)(C)C)cc1Cc1cc(C(C)(C)C)cc(c1OCC(=O)NS(=O)(=O)c1ccccc1)Cc1cc(C(C)(C)C)cc(c1OCCC)Cc1cc(C(C)(C)C)cc(c1OCC(=O)NS(=O)(=O)c1ccccc1)C2. The summed E-state index contributed by atoms with van der Waals surface area (Å²) in [6, 6.07) is 32.8. The predicted octanol–water partition coefficient (Wildman–Crippen LogP) is 12.9. The highest BCUT2D eigenvalue weighted by molar-refractivity contribution is 7.90. The summed E-state index contributed by atoms with van der Waals surface area (Å²) in [7, 11) is -8.43. The third kappa shape index (κ3) is 15.0. The highest BCUT2D eigenvalue weighted by Gasteiger charge is 2.31. The fraction of sp³-hybridized carbons (Fsp3) is 0.424. The lowest BCUT2D eigenvalue weighted by Crippen LogP contribution is -2.34. The van der Waals surface area contributed by atoms with Crippen LogP contribution in [0.4, 0.5) is 0 Å². The molecule has 428 valence electrons. The molecule has 8 bridgehead atoms. The second kappa shape index (κ2) is 24.2. The first kappa shape index (κ1) is 61.0. The maximum atomic E-state index is 13.9. The van der Waals surface area contributed by atoms with Gasteiger partial charge in [0.2, 0.25) is 0 Å². The van der Waals surface area contributed by atoms with Crippen molar-refractivity contribution >= 4 is 31.9 Å². The van der Waals surface area contributed by atoms with Gasteiger partial charge in [-0.2, -0.15) is 0 Å². The zero-order valence-corrected chi connectivity index (χ0v) is 51.0. The molecule has 0 saturated heterocycles. The largest absolute Gasteiger partial charge is 0.493 e. The van der Waals surface area contributed by atoms with E-state index in [1.54, 1.807) is 36.4 Å². The van der Waals surface area contributed by atoms with E-state index in [1.807, 2.05) is 0 Å². The van der Waals surface area contributed by atoms with Gasteiger partial charge >= 0.3 is 0 Å². The Hall–Kier alpha value is -6.64. The standard InChI is InChI=1S/C66H82N2O10S2/c1-15-27-75-59-43-29-47-37-53(65(9,10)11)39-49(61(47)77-41-57(69)67-79(71,72)55-23-19-17-20-24-55)31-45-35-52(64(6,7)8)36-46(60(45)76-28-16-2)32-50-40-54(66(12,13)14)38-48(30-44(59)34-51(33-43)63(3,4)5)62(50)78-42-58(70)68-80(73,74)56-25-21-18-22-26-56/h17-26,33-40H,15-16,27-32,41-42H2,1-14H3,(H,67,69)(H,68,70). The Morgan fingerprint density at radius 3 is 0.825 bits per heavy atom. The van der Waals surface area contributed by atoms with Gasteiger partial charge in [0.15, 0.2) is 13.2 Å². The third-order valence-corrected chi connectivity index (χ3v) is 16.9. The smallest absolute Gasteiger partial charge is 0.271 e. The maximum Gasteiger partial charge on any atom is 0.271 e. The average molecular weight is 1130 g/mol. The number of sulfonamides is 2. The van der Waals surface area contributed by atoms with Crippen molar-refractivity contribution in [2.75, 3.05) is 26.4 Å². The second-order valence-corrected chi connectivity index (χ2v) is 28.5. The number of fused-ring (bicyclic) bond motifs is 8. The molecule has 0 aliphatic heterocycles. The molecule has 0 atom stereocenters. The van der Waals surface area contributed by atoms with Crippen LogP contribution in [-0.2, 0) is 77.0 Å². The molecule has 0 saturated carbocycles. The van der Waals surface area contributed by atoms with Crippen molar-refractivity contribution in [2.24, 2.45) is 0 Å². The quantitative estimate of drug-likeness (QED) is 0.0952. The molecular weight excluding hydrogens is 1040 g/mol. The number of amides is 2. The lowest BCUT2D eigenvalue weighted by Gasteiger charge is -2.29. The van der Waals surface area contributed by atoms with Crippen LogP contribution in [0, 0.1) is 0 Å². The molecule has 6 aromatic rings. The van der Waals surface area contributed by atoms with Crippen LogP contribution in [0.1, 0.15) is 177 Å². The van der Waals surface area contributed by atoms with Crippen molar-refractivity contribution in [2.45, 2.75) is 167 Å². The number of nitrogens with one attached hydrogen (secondary N) is 2. The van der Waals surface area contributed by atoms with Crippen molar-refractivity contribution in [3.8, 4) is 23.0 Å². The van der Waals surface area contributed by atoms with E-state index < -0.39 is 45.1 Å². The van der Waals surface area contributed by atoms with Crippen molar-refractivity contribution in [1.82, 2.24) is 9.44 Å². The highest BCUT2D eigenvalue weighted by Crippen LogP contribution is 2.44. The summed E-state index contributed by atoms with van der Waals surface area (Å²) in [5.74, 6) is 0.587. The first-order chi connectivity index (χ1) is 37.4. The van der Waals surface area contributed by atoms with Crippen LogP contribution >= 0.6 is 0 Å². The zero-order chi connectivity index (χ0) is 58.6. The molecule has 0 aromatic heterocycles. The first-order valence-electron chi connectivity index (χ1n) is 27.8. The van der Waals surface area contributed by atoms with E-state index in [-0.39, 0.29) is 31.5 Å².